The summed E-state index contributed by atoms with van der Waals surface area (Å²) in [6.45, 7) is 70.6. The van der Waals surface area contributed by atoms with E-state index in [2.05, 4.69) is 157 Å². The zero-order valence-corrected chi connectivity index (χ0v) is 51.7. The van der Waals surface area contributed by atoms with Crippen molar-refractivity contribution in [2.75, 3.05) is 0 Å². The molecule has 402 valence electrons. The van der Waals surface area contributed by atoms with Crippen LogP contribution in [0.3, 0.4) is 0 Å². The van der Waals surface area contributed by atoms with E-state index in [4.69, 9.17) is 6.57 Å². The number of rotatable bonds is 0. The van der Waals surface area contributed by atoms with Crippen molar-refractivity contribution in [3.63, 3.8) is 0 Å². The lowest BCUT2D eigenvalue weighted by molar-refractivity contribution is 0.536. The second-order valence-corrected chi connectivity index (χ2v) is 21.6. The summed E-state index contributed by atoms with van der Waals surface area (Å²) in [5.41, 5.74) is 13.0. The summed E-state index contributed by atoms with van der Waals surface area (Å²) in [5.74, 6) is -1.04. The molecule has 0 saturated heterocycles. The number of hydrogen-bond donors (Lipinski definition) is 0. The van der Waals surface area contributed by atoms with E-state index in [0.717, 1.165) is 16.8 Å². The Morgan fingerprint density at radius 3 is 0.901 bits per heavy atom. The average molecular weight is 985 g/mol. The topological polar surface area (TPSA) is 4.36 Å². The van der Waals surface area contributed by atoms with E-state index in [1.807, 2.05) is 121 Å². The van der Waals surface area contributed by atoms with Gasteiger partial charge in [0.1, 0.15) is 17.5 Å². The van der Waals surface area contributed by atoms with E-state index in [9.17, 15) is 13.2 Å². The molecule has 5 rings (SSSR count). The highest BCUT2D eigenvalue weighted by molar-refractivity contribution is 5.54. The predicted octanol–water partition coefficient (Wildman–Crippen LogP) is 22.9. The van der Waals surface area contributed by atoms with Crippen LogP contribution in [0.4, 0.5) is 18.9 Å². The Balaban J connectivity index is -0.000000244. The Kier molecular flexibility index (Phi) is 38.5. The number of hydrogen-bond acceptors (Lipinski definition) is 0. The molecule has 1 nitrogen and oxygen atoms in total. The second kappa shape index (κ2) is 36.3. The van der Waals surface area contributed by atoms with Crippen LogP contribution in [-0.2, 0) is 27.1 Å². The number of benzene rings is 5. The third-order valence-corrected chi connectivity index (χ3v) is 10.7. The molecule has 0 bridgehead atoms. The molecule has 0 fully saturated rings. The highest BCUT2D eigenvalue weighted by Crippen LogP contribution is 2.29. The van der Waals surface area contributed by atoms with Crippen LogP contribution in [0.15, 0.2) is 91.0 Å². The molecule has 0 N–H and O–H groups in total. The van der Waals surface area contributed by atoms with Crippen molar-refractivity contribution in [1.29, 1.82) is 0 Å². The van der Waals surface area contributed by atoms with Crippen molar-refractivity contribution < 1.29 is 13.2 Å². The van der Waals surface area contributed by atoms with Gasteiger partial charge in [0.2, 0.25) is 0 Å². The Hall–Kier alpha value is -4.62. The largest absolute Gasteiger partial charge is 0.238 e. The quantitative estimate of drug-likeness (QED) is 0.136. The van der Waals surface area contributed by atoms with Gasteiger partial charge >= 0.3 is 0 Å². The molecule has 4 heteroatoms. The molecule has 5 aromatic rings. The number of nitrogens with zero attached hydrogens (tertiary/aromatic N) is 1. The van der Waals surface area contributed by atoms with Crippen molar-refractivity contribution >= 4 is 5.69 Å². The van der Waals surface area contributed by atoms with Gasteiger partial charge in [-0.2, -0.15) is 0 Å². The highest BCUT2D eigenvalue weighted by atomic mass is 19.1. The van der Waals surface area contributed by atoms with Gasteiger partial charge in [0.05, 0.1) is 6.57 Å². The Morgan fingerprint density at radius 1 is 0.310 bits per heavy atom. The fourth-order valence-corrected chi connectivity index (χ4v) is 5.60. The zero-order valence-electron chi connectivity index (χ0n) is 51.7. The molecular formula is C67H108F3N. The van der Waals surface area contributed by atoms with Crippen LogP contribution in [0.5, 0.6) is 0 Å². The Morgan fingerprint density at radius 2 is 0.592 bits per heavy atom. The molecule has 0 radical (unpaired) electrons. The minimum absolute atomic E-state index is 0.0362. The number of aryl methyl sites for hydroxylation is 5. The van der Waals surface area contributed by atoms with Crippen LogP contribution in [0.1, 0.15) is 234 Å². The van der Waals surface area contributed by atoms with Gasteiger partial charge in [-0.3, -0.25) is 0 Å². The van der Waals surface area contributed by atoms with E-state index in [0.29, 0.717) is 11.1 Å². The van der Waals surface area contributed by atoms with Gasteiger partial charge in [0, 0.05) is 5.56 Å². The van der Waals surface area contributed by atoms with Crippen LogP contribution < -0.4 is 0 Å². The lowest BCUT2D eigenvalue weighted by Crippen LogP contribution is -2.12. The summed E-state index contributed by atoms with van der Waals surface area (Å²) in [6, 6.07) is 29.8. The molecule has 0 saturated carbocycles. The first-order valence-corrected chi connectivity index (χ1v) is 26.5. The molecule has 0 aliphatic carbocycles. The SMILES string of the molecule is CC.CC.CC.CC.CC.Cc1c(F)cc(C(C)(C)C)cc1F.Cc1ccc(C(C)(C)C)cc1.Cc1ccc(C(C)(C)C)cc1C.Cc1ccc(C(C)(C)C)cc1F.[C-]#[N+]c1cc(C(C)(C)C)ccc1C. The van der Waals surface area contributed by atoms with Crippen molar-refractivity contribution in [2.45, 2.75) is 242 Å². The molecule has 5 aromatic carbocycles. The zero-order chi connectivity index (χ0) is 57.5. The molecule has 0 atom stereocenters. The van der Waals surface area contributed by atoms with Crippen LogP contribution in [0.2, 0.25) is 0 Å². The van der Waals surface area contributed by atoms with Crippen LogP contribution >= 0.6 is 0 Å². The summed E-state index contributed by atoms with van der Waals surface area (Å²) in [7, 11) is 0. The first-order chi connectivity index (χ1) is 32.6. The van der Waals surface area contributed by atoms with Crippen LogP contribution in [-0.4, -0.2) is 0 Å². The van der Waals surface area contributed by atoms with Crippen LogP contribution in [0, 0.1) is 65.6 Å². The first-order valence-electron chi connectivity index (χ1n) is 26.5. The smallest absolute Gasteiger partial charge is 0.190 e. The van der Waals surface area contributed by atoms with Gasteiger partial charge in [0.25, 0.3) is 0 Å². The molecule has 0 aliphatic rings. The van der Waals surface area contributed by atoms with Crippen LogP contribution in [0.25, 0.3) is 4.85 Å². The minimum Gasteiger partial charge on any atom is -0.238 e. The van der Waals surface area contributed by atoms with E-state index in [1.165, 1.54) is 52.4 Å². The van der Waals surface area contributed by atoms with Crippen molar-refractivity contribution in [1.82, 2.24) is 0 Å². The van der Waals surface area contributed by atoms with Crippen molar-refractivity contribution in [3.8, 4) is 0 Å². The summed E-state index contributed by atoms with van der Waals surface area (Å²) in [6.07, 6.45) is 0. The summed E-state index contributed by atoms with van der Waals surface area (Å²) in [4.78, 5) is 3.49. The average Bonchev–Trinajstić information content (AvgIpc) is 3.30. The van der Waals surface area contributed by atoms with E-state index < -0.39 is 11.6 Å². The lowest BCUT2D eigenvalue weighted by atomic mass is 9.85. The van der Waals surface area contributed by atoms with Gasteiger partial charge in [-0.05, 0) is 131 Å². The Bertz CT molecular complexity index is 2120. The van der Waals surface area contributed by atoms with Gasteiger partial charge in [-0.1, -0.05) is 257 Å². The maximum atomic E-state index is 13.1. The normalized spacial score (nSPS) is 10.4. The molecule has 0 unspecified atom stereocenters. The Labute approximate surface area is 439 Å². The molecule has 0 aliphatic heterocycles. The van der Waals surface area contributed by atoms with E-state index in [1.54, 1.807) is 13.0 Å². The lowest BCUT2D eigenvalue weighted by Gasteiger charge is -2.19. The summed E-state index contributed by atoms with van der Waals surface area (Å²) < 4.78 is 39.4. The fraction of sp³-hybridized carbons (Fsp3) is 0.537. The van der Waals surface area contributed by atoms with Crippen molar-refractivity contribution in [3.05, 3.63) is 181 Å². The van der Waals surface area contributed by atoms with Gasteiger partial charge in [-0.25, -0.2) is 18.0 Å². The second-order valence-electron chi connectivity index (χ2n) is 21.6. The third-order valence-electron chi connectivity index (χ3n) is 10.7. The monoisotopic (exact) mass is 984 g/mol. The fourth-order valence-electron chi connectivity index (χ4n) is 5.60. The van der Waals surface area contributed by atoms with Gasteiger partial charge in [-0.15, -0.1) is 0 Å². The number of halogens is 3. The third kappa shape index (κ3) is 30.8. The first kappa shape index (κ1) is 75.3. The minimum atomic E-state index is -0.468. The van der Waals surface area contributed by atoms with Crippen molar-refractivity contribution in [2.24, 2.45) is 0 Å². The molecule has 71 heavy (non-hydrogen) atoms. The highest BCUT2D eigenvalue weighted by Gasteiger charge is 2.18. The van der Waals surface area contributed by atoms with E-state index in [-0.39, 0.29) is 38.5 Å². The van der Waals surface area contributed by atoms with Gasteiger partial charge < -0.3 is 0 Å². The molecular weight excluding hydrogens is 876 g/mol. The summed E-state index contributed by atoms with van der Waals surface area (Å²) >= 11 is 0. The van der Waals surface area contributed by atoms with Gasteiger partial charge in [0.15, 0.2) is 5.69 Å². The maximum Gasteiger partial charge on any atom is 0.190 e. The molecule has 0 amide bonds. The summed E-state index contributed by atoms with van der Waals surface area (Å²) in [5, 5.41) is 0. The molecule has 0 heterocycles. The van der Waals surface area contributed by atoms with E-state index >= 15 is 0 Å². The standard InChI is InChI=1S/C12H15N.C12H18.C11H14F2.C11H15F.C11H16.5C2H6/c1-9-6-7-10(12(2,3)4)8-11(9)13-5;1-9-6-7-11(8-10(9)2)12(3,4)5;1-7-9(12)5-8(6-10(7)13)11(2,3)4;1-8-5-6-9(7-10(8)12)11(2,3)4;1-9-5-7-10(8-6-9)11(2,3)4;5*1-2/h6-8H,1-4H3;6-8H,1-5H3;5-6H,1-4H3;5-7H,1-4H3;5-8H,1-4H3;5*1-2H3. The maximum absolute atomic E-state index is 13.1. The molecule has 0 spiro atoms. The molecule has 0 aromatic heterocycles. The predicted molar refractivity (Wildman–Crippen MR) is 317 cm³/mol.